The second-order valence-electron chi connectivity index (χ2n) is 2.34. The molecule has 0 aromatic rings. The maximum atomic E-state index is 10.8. The van der Waals surface area contributed by atoms with Crippen LogP contribution in [0.4, 0.5) is 0 Å². The standard InChI is InChI=1S/C7H13NO4/c1-3-8(5(2)10)6(4-9)7(11)12/h6,9H,3-4H2,1-2H3,(H,11,12)/t6-/m1/s1. The van der Waals surface area contributed by atoms with Crippen molar-refractivity contribution >= 4 is 11.9 Å². The van der Waals surface area contributed by atoms with E-state index in [1.54, 1.807) is 6.92 Å². The average molecular weight is 175 g/mol. The monoisotopic (exact) mass is 175 g/mol. The Labute approximate surface area is 70.6 Å². The third kappa shape index (κ3) is 2.50. The number of aliphatic hydroxyl groups excluding tert-OH is 1. The molecule has 0 rings (SSSR count). The first-order valence-corrected chi connectivity index (χ1v) is 3.65. The molecule has 0 aliphatic carbocycles. The van der Waals surface area contributed by atoms with Gasteiger partial charge in [-0.05, 0) is 6.92 Å². The predicted octanol–water partition coefficient (Wildman–Crippen LogP) is -0.700. The predicted molar refractivity (Wildman–Crippen MR) is 41.6 cm³/mol. The SMILES string of the molecule is CCN(C(C)=O)[C@H](CO)C(=O)O. The van der Waals surface area contributed by atoms with Crippen LogP contribution >= 0.6 is 0 Å². The first-order valence-electron chi connectivity index (χ1n) is 3.65. The quantitative estimate of drug-likeness (QED) is 0.592. The summed E-state index contributed by atoms with van der Waals surface area (Å²) < 4.78 is 0. The van der Waals surface area contributed by atoms with E-state index >= 15 is 0 Å². The zero-order valence-corrected chi connectivity index (χ0v) is 7.15. The fourth-order valence-corrected chi connectivity index (χ4v) is 0.972. The van der Waals surface area contributed by atoms with Crippen LogP contribution in [-0.2, 0) is 9.59 Å². The van der Waals surface area contributed by atoms with Gasteiger partial charge >= 0.3 is 5.97 Å². The molecule has 5 heteroatoms. The van der Waals surface area contributed by atoms with Gasteiger partial charge in [0.05, 0.1) is 6.61 Å². The van der Waals surface area contributed by atoms with Crippen molar-refractivity contribution in [2.45, 2.75) is 19.9 Å². The van der Waals surface area contributed by atoms with Gasteiger partial charge in [0.2, 0.25) is 5.91 Å². The molecule has 70 valence electrons. The fourth-order valence-electron chi connectivity index (χ4n) is 0.972. The van der Waals surface area contributed by atoms with E-state index in [2.05, 4.69) is 0 Å². The van der Waals surface area contributed by atoms with E-state index in [0.29, 0.717) is 0 Å². The summed E-state index contributed by atoms with van der Waals surface area (Å²) in [5.41, 5.74) is 0. The van der Waals surface area contributed by atoms with Crippen molar-refractivity contribution in [1.82, 2.24) is 4.90 Å². The van der Waals surface area contributed by atoms with Crippen LogP contribution in [0.1, 0.15) is 13.8 Å². The maximum Gasteiger partial charge on any atom is 0.328 e. The van der Waals surface area contributed by atoms with Crippen LogP contribution < -0.4 is 0 Å². The topological polar surface area (TPSA) is 77.8 Å². The number of amides is 1. The van der Waals surface area contributed by atoms with Crippen molar-refractivity contribution in [3.63, 3.8) is 0 Å². The highest BCUT2D eigenvalue weighted by Crippen LogP contribution is 1.99. The highest BCUT2D eigenvalue weighted by atomic mass is 16.4. The molecule has 2 N–H and O–H groups in total. The molecule has 0 radical (unpaired) electrons. The number of hydrogen-bond acceptors (Lipinski definition) is 3. The maximum absolute atomic E-state index is 10.8. The number of nitrogens with zero attached hydrogens (tertiary/aromatic N) is 1. The number of carbonyl (C=O) groups excluding carboxylic acids is 1. The molecular weight excluding hydrogens is 162 g/mol. The average Bonchev–Trinajstić information content (AvgIpc) is 1.98. The lowest BCUT2D eigenvalue weighted by atomic mass is 10.2. The van der Waals surface area contributed by atoms with Gasteiger partial charge in [-0.3, -0.25) is 4.79 Å². The van der Waals surface area contributed by atoms with Gasteiger partial charge in [-0.2, -0.15) is 0 Å². The number of aliphatic hydroxyl groups is 1. The molecule has 0 aromatic carbocycles. The zero-order valence-electron chi connectivity index (χ0n) is 7.15. The largest absolute Gasteiger partial charge is 0.480 e. The number of aliphatic carboxylic acids is 1. The summed E-state index contributed by atoms with van der Waals surface area (Å²) in [5, 5.41) is 17.2. The first-order chi connectivity index (χ1) is 5.54. The Morgan fingerprint density at radius 1 is 1.50 bits per heavy atom. The van der Waals surface area contributed by atoms with Gasteiger partial charge in [-0.25, -0.2) is 4.79 Å². The van der Waals surface area contributed by atoms with Gasteiger partial charge in [0.25, 0.3) is 0 Å². The Kier molecular flexibility index (Phi) is 4.28. The highest BCUT2D eigenvalue weighted by Gasteiger charge is 2.25. The molecule has 0 fully saturated rings. The van der Waals surface area contributed by atoms with Crippen LogP contribution in [0.15, 0.2) is 0 Å². The summed E-state index contributed by atoms with van der Waals surface area (Å²) in [6, 6.07) is -1.12. The van der Waals surface area contributed by atoms with Crippen molar-refractivity contribution in [3.8, 4) is 0 Å². The summed E-state index contributed by atoms with van der Waals surface area (Å²) in [4.78, 5) is 22.4. The molecule has 0 saturated carbocycles. The van der Waals surface area contributed by atoms with E-state index in [0.717, 1.165) is 4.90 Å². The normalized spacial score (nSPS) is 12.2. The van der Waals surface area contributed by atoms with E-state index in [1.165, 1.54) is 6.92 Å². The number of likely N-dealkylation sites (N-methyl/N-ethyl adjacent to an activating group) is 1. The van der Waals surface area contributed by atoms with E-state index in [1.807, 2.05) is 0 Å². The van der Waals surface area contributed by atoms with Gasteiger partial charge in [-0.1, -0.05) is 0 Å². The summed E-state index contributed by atoms with van der Waals surface area (Å²) >= 11 is 0. The van der Waals surface area contributed by atoms with Crippen LogP contribution in [0, 0.1) is 0 Å². The van der Waals surface area contributed by atoms with Crippen molar-refractivity contribution in [1.29, 1.82) is 0 Å². The van der Waals surface area contributed by atoms with E-state index in [9.17, 15) is 9.59 Å². The molecule has 5 nitrogen and oxygen atoms in total. The molecule has 0 saturated heterocycles. The minimum absolute atomic E-state index is 0.285. The Bertz CT molecular complexity index is 160. The minimum atomic E-state index is -1.19. The van der Waals surface area contributed by atoms with Crippen LogP contribution in [0.3, 0.4) is 0 Å². The summed E-state index contributed by atoms with van der Waals surface area (Å²) in [5.74, 6) is -1.53. The van der Waals surface area contributed by atoms with Crippen LogP contribution in [0.25, 0.3) is 0 Å². The van der Waals surface area contributed by atoms with Gasteiger partial charge in [0, 0.05) is 13.5 Å². The summed E-state index contributed by atoms with van der Waals surface area (Å²) in [6.45, 7) is 2.66. The molecule has 0 aliphatic heterocycles. The lowest BCUT2D eigenvalue weighted by Crippen LogP contribution is -2.46. The number of hydrogen-bond donors (Lipinski definition) is 2. The number of carboxylic acid groups (broad SMARTS) is 1. The Morgan fingerprint density at radius 2 is 2.00 bits per heavy atom. The van der Waals surface area contributed by atoms with E-state index < -0.39 is 18.6 Å². The molecule has 0 heterocycles. The van der Waals surface area contributed by atoms with Gasteiger partial charge in [-0.15, -0.1) is 0 Å². The van der Waals surface area contributed by atoms with E-state index in [-0.39, 0.29) is 12.5 Å². The van der Waals surface area contributed by atoms with Gasteiger partial charge in [0.1, 0.15) is 0 Å². The summed E-state index contributed by atoms with van der Waals surface area (Å²) in [6.07, 6.45) is 0. The lowest BCUT2D eigenvalue weighted by molar-refractivity contribution is -0.151. The molecule has 0 spiro atoms. The Hall–Kier alpha value is -1.10. The first kappa shape index (κ1) is 10.9. The van der Waals surface area contributed by atoms with Crippen molar-refractivity contribution in [2.75, 3.05) is 13.2 Å². The molecule has 12 heavy (non-hydrogen) atoms. The van der Waals surface area contributed by atoms with Crippen LogP contribution in [0.2, 0.25) is 0 Å². The molecule has 0 aliphatic rings. The number of rotatable bonds is 4. The molecule has 0 aromatic heterocycles. The second kappa shape index (κ2) is 4.71. The molecule has 0 unspecified atom stereocenters. The number of carboxylic acids is 1. The Morgan fingerprint density at radius 3 is 2.08 bits per heavy atom. The molecule has 1 amide bonds. The highest BCUT2D eigenvalue weighted by molar-refractivity contribution is 5.82. The molecule has 0 bridgehead atoms. The lowest BCUT2D eigenvalue weighted by Gasteiger charge is -2.24. The molecule has 1 atom stereocenters. The third-order valence-electron chi connectivity index (χ3n) is 1.58. The van der Waals surface area contributed by atoms with Crippen LogP contribution in [-0.4, -0.2) is 46.2 Å². The third-order valence-corrected chi connectivity index (χ3v) is 1.58. The van der Waals surface area contributed by atoms with Crippen LogP contribution in [0.5, 0.6) is 0 Å². The Balaban J connectivity index is 4.44. The summed E-state index contributed by atoms with van der Waals surface area (Å²) in [7, 11) is 0. The van der Waals surface area contributed by atoms with E-state index in [4.69, 9.17) is 10.2 Å². The molecular formula is C7H13NO4. The zero-order chi connectivity index (χ0) is 9.72. The van der Waals surface area contributed by atoms with Gasteiger partial charge in [0.15, 0.2) is 6.04 Å². The van der Waals surface area contributed by atoms with Crippen molar-refractivity contribution in [2.24, 2.45) is 0 Å². The van der Waals surface area contributed by atoms with Crippen molar-refractivity contribution in [3.05, 3.63) is 0 Å². The smallest absolute Gasteiger partial charge is 0.328 e. The second-order valence-corrected chi connectivity index (χ2v) is 2.34. The van der Waals surface area contributed by atoms with Gasteiger partial charge < -0.3 is 15.1 Å². The minimum Gasteiger partial charge on any atom is -0.480 e. The van der Waals surface area contributed by atoms with Crippen molar-refractivity contribution < 1.29 is 19.8 Å². The fraction of sp³-hybridized carbons (Fsp3) is 0.714. The number of carbonyl (C=O) groups is 2.